The Bertz CT molecular complexity index is 850. The van der Waals surface area contributed by atoms with Gasteiger partial charge in [0, 0.05) is 5.56 Å². The van der Waals surface area contributed by atoms with E-state index < -0.39 is 0 Å². The van der Waals surface area contributed by atoms with Gasteiger partial charge in [-0.15, -0.1) is 6.58 Å². The lowest BCUT2D eigenvalue weighted by Gasteiger charge is -2.16. The van der Waals surface area contributed by atoms with Crippen molar-refractivity contribution >= 4 is 11.6 Å². The van der Waals surface area contributed by atoms with Crippen LogP contribution in [0.5, 0.6) is 11.5 Å². The molecule has 26 heavy (non-hydrogen) atoms. The molecule has 0 aliphatic heterocycles. The third-order valence-corrected chi connectivity index (χ3v) is 3.67. The van der Waals surface area contributed by atoms with Gasteiger partial charge in [0.2, 0.25) is 0 Å². The number of hydrogen-bond donors (Lipinski definition) is 0. The third-order valence-electron chi connectivity index (χ3n) is 3.67. The van der Waals surface area contributed by atoms with Gasteiger partial charge in [-0.25, -0.2) is 4.39 Å². The zero-order valence-corrected chi connectivity index (χ0v) is 15.1. The van der Waals surface area contributed by atoms with Crippen LogP contribution in [-0.2, 0) is 6.42 Å². The van der Waals surface area contributed by atoms with Gasteiger partial charge in [0.05, 0.1) is 24.9 Å². The molecule has 2 aromatic rings. The minimum Gasteiger partial charge on any atom is -0.490 e. The Morgan fingerprint density at radius 2 is 1.96 bits per heavy atom. The summed E-state index contributed by atoms with van der Waals surface area (Å²) in [5.41, 5.74) is 2.62. The molecule has 0 N–H and O–H groups in total. The molecular formula is C22H22FNO2. The average molecular weight is 351 g/mol. The van der Waals surface area contributed by atoms with Gasteiger partial charge < -0.3 is 9.47 Å². The molecule has 0 amide bonds. The fourth-order valence-corrected chi connectivity index (χ4v) is 2.65. The van der Waals surface area contributed by atoms with Gasteiger partial charge in [-0.05, 0) is 61.7 Å². The summed E-state index contributed by atoms with van der Waals surface area (Å²) in [5, 5.41) is 9.50. The van der Waals surface area contributed by atoms with E-state index in [4.69, 9.17) is 9.47 Å². The normalized spacial score (nSPS) is 10.9. The Morgan fingerprint density at radius 3 is 2.58 bits per heavy atom. The van der Waals surface area contributed by atoms with Crippen LogP contribution in [0.2, 0.25) is 0 Å². The van der Waals surface area contributed by atoms with Crippen LogP contribution in [0.25, 0.3) is 11.6 Å². The Morgan fingerprint density at radius 1 is 1.19 bits per heavy atom. The second-order valence-electron chi connectivity index (χ2n) is 5.55. The zero-order chi connectivity index (χ0) is 18.9. The van der Waals surface area contributed by atoms with E-state index in [0.29, 0.717) is 42.3 Å². The van der Waals surface area contributed by atoms with Gasteiger partial charge in [-0.3, -0.25) is 0 Å². The van der Waals surface area contributed by atoms with Gasteiger partial charge >= 0.3 is 0 Å². The van der Waals surface area contributed by atoms with Crippen LogP contribution in [0.4, 0.5) is 4.39 Å². The smallest absolute Gasteiger partial charge is 0.164 e. The molecule has 4 heteroatoms. The SMILES string of the molecule is C=CCc1cc(/C=C(/C#N)c2cccc(F)c2)cc(OCC)c1OCC. The van der Waals surface area contributed by atoms with E-state index in [-0.39, 0.29) is 5.82 Å². The molecule has 0 heterocycles. The summed E-state index contributed by atoms with van der Waals surface area (Å²) in [6.07, 6.45) is 4.12. The van der Waals surface area contributed by atoms with Crippen molar-refractivity contribution < 1.29 is 13.9 Å². The molecule has 3 nitrogen and oxygen atoms in total. The Hall–Kier alpha value is -3.06. The van der Waals surface area contributed by atoms with Crippen LogP contribution in [0.15, 0.2) is 49.1 Å². The summed E-state index contributed by atoms with van der Waals surface area (Å²) in [6.45, 7) is 8.62. The van der Waals surface area contributed by atoms with Crippen LogP contribution < -0.4 is 9.47 Å². The molecule has 0 saturated heterocycles. The number of hydrogen-bond acceptors (Lipinski definition) is 3. The first-order valence-corrected chi connectivity index (χ1v) is 8.54. The van der Waals surface area contributed by atoms with Crippen molar-refractivity contribution in [1.29, 1.82) is 5.26 Å². The summed E-state index contributed by atoms with van der Waals surface area (Å²) in [7, 11) is 0. The number of nitriles is 1. The van der Waals surface area contributed by atoms with Crippen molar-refractivity contribution in [2.24, 2.45) is 0 Å². The maximum Gasteiger partial charge on any atom is 0.164 e. The van der Waals surface area contributed by atoms with Crippen LogP contribution in [0.1, 0.15) is 30.5 Å². The van der Waals surface area contributed by atoms with Crippen molar-refractivity contribution in [3.8, 4) is 17.6 Å². The van der Waals surface area contributed by atoms with Crippen LogP contribution >= 0.6 is 0 Å². The van der Waals surface area contributed by atoms with E-state index in [1.807, 2.05) is 26.0 Å². The molecule has 0 atom stereocenters. The van der Waals surface area contributed by atoms with Crippen LogP contribution in [-0.4, -0.2) is 13.2 Å². The maximum absolute atomic E-state index is 13.5. The minimum absolute atomic E-state index is 0.376. The lowest BCUT2D eigenvalue weighted by molar-refractivity contribution is 0.285. The fourth-order valence-electron chi connectivity index (χ4n) is 2.65. The highest BCUT2D eigenvalue weighted by molar-refractivity contribution is 5.90. The molecule has 0 saturated carbocycles. The Kier molecular flexibility index (Phi) is 6.99. The number of halogens is 1. The van der Waals surface area contributed by atoms with Crippen molar-refractivity contribution in [3.63, 3.8) is 0 Å². The van der Waals surface area contributed by atoms with Crippen molar-refractivity contribution in [1.82, 2.24) is 0 Å². The molecule has 2 aromatic carbocycles. The van der Waals surface area contributed by atoms with Crippen molar-refractivity contribution in [3.05, 3.63) is 71.6 Å². The van der Waals surface area contributed by atoms with E-state index in [2.05, 4.69) is 12.6 Å². The summed E-state index contributed by atoms with van der Waals surface area (Å²) < 4.78 is 25.0. The highest BCUT2D eigenvalue weighted by Gasteiger charge is 2.13. The number of rotatable bonds is 8. The monoisotopic (exact) mass is 351 g/mol. The Labute approximate surface area is 154 Å². The molecule has 0 aliphatic carbocycles. The van der Waals surface area contributed by atoms with Gasteiger partial charge in [-0.2, -0.15) is 5.26 Å². The zero-order valence-electron chi connectivity index (χ0n) is 15.1. The predicted molar refractivity (Wildman–Crippen MR) is 103 cm³/mol. The van der Waals surface area contributed by atoms with Gasteiger partial charge in [0.25, 0.3) is 0 Å². The number of ether oxygens (including phenoxy) is 2. The standard InChI is InChI=1S/C22H22FNO2/c1-4-8-18-11-16(13-21(25-5-2)22(18)26-6-3)12-19(15-24)17-9-7-10-20(23)14-17/h4,7,9-14H,1,5-6,8H2,2-3H3/b19-12-. The first-order chi connectivity index (χ1) is 12.6. The summed E-state index contributed by atoms with van der Waals surface area (Å²) in [4.78, 5) is 0. The first-order valence-electron chi connectivity index (χ1n) is 8.54. The molecule has 0 radical (unpaired) electrons. The summed E-state index contributed by atoms with van der Waals surface area (Å²) in [6, 6.07) is 11.9. The predicted octanol–water partition coefficient (Wildman–Crippen LogP) is 5.42. The maximum atomic E-state index is 13.5. The molecule has 2 rings (SSSR count). The second-order valence-corrected chi connectivity index (χ2v) is 5.55. The van der Waals surface area contributed by atoms with E-state index in [1.165, 1.54) is 12.1 Å². The fraction of sp³-hybridized carbons (Fsp3) is 0.227. The largest absolute Gasteiger partial charge is 0.490 e. The first kappa shape index (κ1) is 19.3. The van der Waals surface area contributed by atoms with Crippen LogP contribution in [0, 0.1) is 17.1 Å². The lowest BCUT2D eigenvalue weighted by Crippen LogP contribution is -2.02. The summed E-state index contributed by atoms with van der Waals surface area (Å²) in [5.74, 6) is 0.935. The van der Waals surface area contributed by atoms with E-state index in [1.54, 1.807) is 24.3 Å². The summed E-state index contributed by atoms with van der Waals surface area (Å²) >= 11 is 0. The van der Waals surface area contributed by atoms with Crippen LogP contribution in [0.3, 0.4) is 0 Å². The third kappa shape index (κ3) is 4.73. The van der Waals surface area contributed by atoms with E-state index in [9.17, 15) is 9.65 Å². The van der Waals surface area contributed by atoms with Gasteiger partial charge in [-0.1, -0.05) is 18.2 Å². The number of nitrogens with zero attached hydrogens (tertiary/aromatic N) is 1. The molecule has 0 aliphatic rings. The molecular weight excluding hydrogens is 329 g/mol. The number of allylic oxidation sites excluding steroid dienone is 2. The lowest BCUT2D eigenvalue weighted by atomic mass is 10.0. The Balaban J connectivity index is 2.56. The second kappa shape index (κ2) is 9.43. The molecule has 0 spiro atoms. The van der Waals surface area contributed by atoms with Crippen molar-refractivity contribution in [2.45, 2.75) is 20.3 Å². The average Bonchev–Trinajstić information content (AvgIpc) is 2.63. The minimum atomic E-state index is -0.377. The van der Waals surface area contributed by atoms with Gasteiger partial charge in [0.15, 0.2) is 11.5 Å². The van der Waals surface area contributed by atoms with Gasteiger partial charge in [0.1, 0.15) is 5.82 Å². The molecule has 134 valence electrons. The number of benzene rings is 2. The van der Waals surface area contributed by atoms with E-state index >= 15 is 0 Å². The molecule has 0 unspecified atom stereocenters. The highest BCUT2D eigenvalue weighted by Crippen LogP contribution is 2.35. The quantitative estimate of drug-likeness (QED) is 0.362. The molecule has 0 bridgehead atoms. The molecule has 0 aromatic heterocycles. The highest BCUT2D eigenvalue weighted by atomic mass is 19.1. The van der Waals surface area contributed by atoms with Crippen molar-refractivity contribution in [2.75, 3.05) is 13.2 Å². The molecule has 0 fully saturated rings. The van der Waals surface area contributed by atoms with E-state index in [0.717, 1.165) is 11.1 Å². The topological polar surface area (TPSA) is 42.2 Å².